The number of hydrogen-bond donors (Lipinski definition) is 7. The minimum Gasteiger partial charge on any atom is -0.483 e. The van der Waals surface area contributed by atoms with E-state index in [4.69, 9.17) is 20.7 Å². The van der Waals surface area contributed by atoms with Crippen LogP contribution in [0.5, 0.6) is 0 Å². The van der Waals surface area contributed by atoms with E-state index in [2.05, 4.69) is 15.9 Å². The van der Waals surface area contributed by atoms with Gasteiger partial charge in [-0.3, -0.25) is 14.9 Å². The smallest absolute Gasteiger partial charge is 0.430 e. The minimum absolute atomic E-state index is 0. The average molecular weight is 1020 g/mol. The number of nitro benzene ring substituents is 1. The molecule has 27 heteroatoms. The fraction of sp³-hybridized carbons (Fsp3) is 0.324. The summed E-state index contributed by atoms with van der Waals surface area (Å²) in [6.45, 7) is 1.72. The summed E-state index contributed by atoms with van der Waals surface area (Å²) in [5.41, 5.74) is -10.8. The van der Waals surface area contributed by atoms with E-state index < -0.39 is 75.0 Å². The fourth-order valence-corrected chi connectivity index (χ4v) is 4.61. The van der Waals surface area contributed by atoms with Gasteiger partial charge in [-0.1, -0.05) is 82.7 Å². The molecule has 4 aromatic rings. The highest BCUT2D eigenvalue weighted by atomic mass is 79.9. The van der Waals surface area contributed by atoms with Gasteiger partial charge in [-0.05, 0) is 61.7 Å². The first-order chi connectivity index (χ1) is 28.2. The molecule has 0 heterocycles. The summed E-state index contributed by atoms with van der Waals surface area (Å²) < 4.78 is 186. The van der Waals surface area contributed by atoms with Crippen molar-refractivity contribution >= 4 is 33.8 Å². The second-order valence-corrected chi connectivity index (χ2v) is 13.7. The summed E-state index contributed by atoms with van der Waals surface area (Å²) in [6.07, 6.45) is -25.9. The van der Waals surface area contributed by atoms with Crippen LogP contribution in [0.3, 0.4) is 0 Å². The lowest BCUT2D eigenvalue weighted by Crippen LogP contribution is -2.53. The SMILES string of the molecule is CC(O)(c1cccc(Br)c1)C(F)(F)F.CC(O)(c1cccc(N)c1)C(F)(F)F.CC(O)(c1cccc([N+](=O)[O-])c1)C(F)(F)F.N.O=CO.OC(c1ccccc1)(C(F)(F)F)C(F)(F)F. The van der Waals surface area contributed by atoms with Gasteiger partial charge < -0.3 is 37.4 Å². The third-order valence-electron chi connectivity index (χ3n) is 8.12. The zero-order chi connectivity index (χ0) is 49.8. The van der Waals surface area contributed by atoms with Gasteiger partial charge in [0, 0.05) is 27.9 Å². The topological polar surface area (TPSA) is 222 Å². The zero-order valence-corrected chi connectivity index (χ0v) is 34.2. The van der Waals surface area contributed by atoms with Crippen molar-refractivity contribution in [2.75, 3.05) is 5.73 Å². The number of nitro groups is 1. The van der Waals surface area contributed by atoms with Crippen LogP contribution in [0.15, 0.2) is 108 Å². The molecule has 4 aromatic carbocycles. The molecule has 0 bridgehead atoms. The molecule has 11 nitrogen and oxygen atoms in total. The monoisotopic (exact) mass is 1020 g/mol. The molecular formula is C37H37BrF15N3O8. The number of nitrogens with zero attached hydrogens (tertiary/aromatic N) is 1. The number of carbonyl (C=O) groups is 1. The van der Waals surface area contributed by atoms with Crippen molar-refractivity contribution in [1.82, 2.24) is 6.15 Å². The lowest BCUT2D eigenvalue weighted by atomic mass is 9.92. The van der Waals surface area contributed by atoms with E-state index >= 15 is 0 Å². The van der Waals surface area contributed by atoms with Crippen molar-refractivity contribution in [3.63, 3.8) is 0 Å². The van der Waals surface area contributed by atoms with Gasteiger partial charge in [-0.15, -0.1) is 0 Å². The molecule has 0 spiro atoms. The van der Waals surface area contributed by atoms with E-state index in [-0.39, 0.29) is 29.4 Å². The van der Waals surface area contributed by atoms with Crippen molar-refractivity contribution < 1.29 is 101 Å². The summed E-state index contributed by atoms with van der Waals surface area (Å²) in [4.78, 5) is 17.9. The van der Waals surface area contributed by atoms with Gasteiger partial charge in [0.05, 0.1) is 4.92 Å². The summed E-state index contributed by atoms with van der Waals surface area (Å²) >= 11 is 3.04. The maximum atomic E-state index is 12.4. The molecular weight excluding hydrogens is 979 g/mol. The molecule has 0 aliphatic carbocycles. The van der Waals surface area contributed by atoms with Gasteiger partial charge in [0.15, 0.2) is 16.8 Å². The predicted molar refractivity (Wildman–Crippen MR) is 201 cm³/mol. The van der Waals surface area contributed by atoms with Crippen molar-refractivity contribution in [3.05, 3.63) is 140 Å². The standard InChI is InChI=1S/C9H8BrF3O.C9H6F6O.C9H8F3NO3.C9H10F3NO.CH2O2.H3N/c1-8(14,9(11,12)13)6-3-2-4-7(10)5-6;10-8(11,12)7(16,9(13,14)15)6-4-2-1-3-5-6;1-8(14,9(10,11)12)6-3-2-4-7(5-6)13(15)16;1-8(14,9(10,11)12)6-3-2-4-7(13)5-6;2-1-3;/h2-5,14H,1H3;1-5,16H;2-5,14H,1H3;2-5,14H,13H2,1H3;1H,(H,2,3);1H3. The van der Waals surface area contributed by atoms with E-state index in [1.165, 1.54) is 42.5 Å². The number of hydrogen-bond acceptors (Lipinski definition) is 9. The Morgan fingerprint density at radius 1 is 0.531 bits per heavy atom. The molecule has 0 amide bonds. The van der Waals surface area contributed by atoms with Gasteiger partial charge in [-0.25, -0.2) is 0 Å². The van der Waals surface area contributed by atoms with Crippen LogP contribution in [0.4, 0.5) is 77.2 Å². The van der Waals surface area contributed by atoms with Gasteiger partial charge >= 0.3 is 30.9 Å². The van der Waals surface area contributed by atoms with Crippen LogP contribution in [0.25, 0.3) is 0 Å². The van der Waals surface area contributed by atoms with E-state index in [1.54, 1.807) is 6.07 Å². The third kappa shape index (κ3) is 15.8. The predicted octanol–water partition coefficient (Wildman–Crippen LogP) is 10.5. The molecule has 64 heavy (non-hydrogen) atoms. The average Bonchev–Trinajstić information content (AvgIpc) is 3.14. The molecule has 0 aliphatic heterocycles. The largest absolute Gasteiger partial charge is 0.483 e. The van der Waals surface area contributed by atoms with Crippen LogP contribution in [0.1, 0.15) is 43.0 Å². The second kappa shape index (κ2) is 22.6. The summed E-state index contributed by atoms with van der Waals surface area (Å²) in [5.74, 6) is 0. The maximum absolute atomic E-state index is 12.4. The first-order valence-corrected chi connectivity index (χ1v) is 17.2. The Hall–Kier alpha value is -5.22. The molecule has 360 valence electrons. The molecule has 3 unspecified atom stereocenters. The van der Waals surface area contributed by atoms with Crippen molar-refractivity contribution in [2.45, 2.75) is 74.1 Å². The van der Waals surface area contributed by atoms with Gasteiger partial charge in [-0.2, -0.15) is 65.9 Å². The van der Waals surface area contributed by atoms with E-state index in [9.17, 15) is 91.3 Å². The van der Waals surface area contributed by atoms with E-state index in [0.29, 0.717) is 36.5 Å². The third-order valence-corrected chi connectivity index (χ3v) is 8.62. The molecule has 0 saturated heterocycles. The molecule has 10 N–H and O–H groups in total. The number of nitrogens with two attached hydrogens (primary N) is 1. The number of carboxylic acid groups (broad SMARTS) is 1. The number of benzene rings is 4. The highest BCUT2D eigenvalue weighted by Gasteiger charge is 2.71. The summed E-state index contributed by atoms with van der Waals surface area (Å²) in [6, 6.07) is 18.8. The van der Waals surface area contributed by atoms with Crippen LogP contribution in [0.2, 0.25) is 0 Å². The Morgan fingerprint density at radius 2 is 0.844 bits per heavy atom. The molecule has 0 aromatic heterocycles. The van der Waals surface area contributed by atoms with Gasteiger partial charge in [0.2, 0.25) is 0 Å². The second-order valence-electron chi connectivity index (χ2n) is 12.8. The zero-order valence-electron chi connectivity index (χ0n) is 32.6. The Morgan fingerprint density at radius 3 is 1.16 bits per heavy atom. The molecule has 3 atom stereocenters. The molecule has 0 fully saturated rings. The molecule has 0 aliphatic rings. The maximum Gasteiger partial charge on any atom is 0.430 e. The van der Waals surface area contributed by atoms with Crippen molar-refractivity contribution in [1.29, 1.82) is 0 Å². The number of rotatable bonds is 5. The Bertz CT molecular complexity index is 1990. The molecule has 0 radical (unpaired) electrons. The van der Waals surface area contributed by atoms with Crippen LogP contribution in [0, 0.1) is 10.1 Å². The summed E-state index contributed by atoms with van der Waals surface area (Å²) in [7, 11) is 0. The highest BCUT2D eigenvalue weighted by molar-refractivity contribution is 9.10. The Balaban J connectivity index is 0. The van der Waals surface area contributed by atoms with Gasteiger partial charge in [0.1, 0.15) is 0 Å². The van der Waals surface area contributed by atoms with Crippen LogP contribution in [-0.4, -0.2) is 67.8 Å². The minimum atomic E-state index is -5.83. The molecule has 0 saturated carbocycles. The first-order valence-electron chi connectivity index (χ1n) is 16.4. The number of anilines is 1. The van der Waals surface area contributed by atoms with E-state index in [1.807, 2.05) is 0 Å². The van der Waals surface area contributed by atoms with Crippen LogP contribution >= 0.6 is 15.9 Å². The van der Waals surface area contributed by atoms with Crippen molar-refractivity contribution in [3.8, 4) is 0 Å². The number of non-ortho nitro benzene ring substituents is 1. The number of aliphatic hydroxyl groups is 4. The number of halogens is 16. The Labute approximate surface area is 360 Å². The lowest BCUT2D eigenvalue weighted by Gasteiger charge is -2.32. The normalized spacial score (nSPS) is 14.7. The van der Waals surface area contributed by atoms with Gasteiger partial charge in [0.25, 0.3) is 17.8 Å². The van der Waals surface area contributed by atoms with Crippen molar-refractivity contribution in [2.24, 2.45) is 0 Å². The number of alkyl halides is 15. The van der Waals surface area contributed by atoms with Crippen LogP contribution < -0.4 is 11.9 Å². The summed E-state index contributed by atoms with van der Waals surface area (Å²) in [5, 5.41) is 54.0. The first kappa shape index (κ1) is 60.9. The molecule has 4 rings (SSSR count). The van der Waals surface area contributed by atoms with E-state index in [0.717, 1.165) is 43.3 Å². The quantitative estimate of drug-likeness (QED) is 0.0329. The fourth-order valence-electron chi connectivity index (χ4n) is 4.21. The highest BCUT2D eigenvalue weighted by Crippen LogP contribution is 2.50. The Kier molecular flexibility index (Phi) is 21.5. The van der Waals surface area contributed by atoms with Crippen LogP contribution in [-0.2, 0) is 27.2 Å². The number of nitrogen functional groups attached to an aromatic ring is 1. The lowest BCUT2D eigenvalue weighted by molar-refractivity contribution is -0.385.